The van der Waals surface area contributed by atoms with Gasteiger partial charge in [0.15, 0.2) is 0 Å². The highest BCUT2D eigenvalue weighted by atomic mass is 32.2. The van der Waals surface area contributed by atoms with Crippen LogP contribution in [0.5, 0.6) is 5.75 Å². The van der Waals surface area contributed by atoms with Gasteiger partial charge in [0.05, 0.1) is 12.3 Å². The van der Waals surface area contributed by atoms with Crippen LogP contribution in [0.15, 0.2) is 94.4 Å². The molecule has 1 heterocycles. The number of imide groups is 1. The van der Waals surface area contributed by atoms with Crippen LogP contribution in [0.2, 0.25) is 0 Å². The van der Waals surface area contributed by atoms with E-state index in [0.29, 0.717) is 28.9 Å². The van der Waals surface area contributed by atoms with Crippen molar-refractivity contribution in [3.05, 3.63) is 95.0 Å². The van der Waals surface area contributed by atoms with Crippen LogP contribution in [0.25, 0.3) is 0 Å². The molecule has 0 aliphatic carbocycles. The van der Waals surface area contributed by atoms with Gasteiger partial charge >= 0.3 is 0 Å². The zero-order chi connectivity index (χ0) is 23.4. The van der Waals surface area contributed by atoms with Crippen molar-refractivity contribution in [1.82, 2.24) is 0 Å². The van der Waals surface area contributed by atoms with Gasteiger partial charge in [-0.25, -0.2) is 4.90 Å². The van der Waals surface area contributed by atoms with E-state index in [1.165, 1.54) is 22.2 Å². The first-order valence-corrected chi connectivity index (χ1v) is 11.8. The number of para-hydroxylation sites is 2. The maximum atomic E-state index is 13.6. The first kappa shape index (κ1) is 22.7. The molecule has 1 N–H and O–H groups in total. The number of carbonyl (C=O) groups is 2. The number of carbonyl (C=O) groups excluding carboxylic acids is 2. The molecule has 4 rings (SSSR count). The number of benzene rings is 3. The van der Waals surface area contributed by atoms with Gasteiger partial charge in [0, 0.05) is 10.6 Å². The summed E-state index contributed by atoms with van der Waals surface area (Å²) >= 11 is 1.28. The van der Waals surface area contributed by atoms with E-state index in [0.717, 1.165) is 10.6 Å². The smallest absolute Gasteiger partial charge is 0.283 e. The van der Waals surface area contributed by atoms with Crippen LogP contribution >= 0.6 is 11.8 Å². The first-order chi connectivity index (χ1) is 16.0. The summed E-state index contributed by atoms with van der Waals surface area (Å²) in [4.78, 5) is 29.5. The Morgan fingerprint density at radius 1 is 0.879 bits per heavy atom. The average molecular weight is 459 g/mol. The van der Waals surface area contributed by atoms with E-state index < -0.39 is 5.91 Å². The van der Waals surface area contributed by atoms with Crippen molar-refractivity contribution < 1.29 is 14.3 Å². The number of ether oxygens (including phenoxy) is 1. The lowest BCUT2D eigenvalue weighted by atomic mass is 10.0. The summed E-state index contributed by atoms with van der Waals surface area (Å²) in [6, 6.07) is 24.6. The van der Waals surface area contributed by atoms with Gasteiger partial charge in [0.25, 0.3) is 11.8 Å². The zero-order valence-electron chi connectivity index (χ0n) is 18.9. The lowest BCUT2D eigenvalue weighted by Gasteiger charge is -2.19. The molecule has 0 fully saturated rings. The molecule has 0 aromatic heterocycles. The third kappa shape index (κ3) is 4.81. The number of amides is 2. The fourth-order valence-corrected chi connectivity index (χ4v) is 4.50. The van der Waals surface area contributed by atoms with Crippen molar-refractivity contribution in [2.75, 3.05) is 16.8 Å². The number of anilines is 2. The SMILES string of the molecule is CCOc1ccccc1N1C(=O)C(Nc2ccc(C(C)C)cc2)=C(Sc2ccccc2)C1=O. The van der Waals surface area contributed by atoms with Crippen molar-refractivity contribution in [2.24, 2.45) is 0 Å². The second kappa shape index (κ2) is 9.96. The summed E-state index contributed by atoms with van der Waals surface area (Å²) in [5.74, 6) is 0.122. The second-order valence-electron chi connectivity index (χ2n) is 7.87. The minimum absolute atomic E-state index is 0.262. The number of hydrogen-bond donors (Lipinski definition) is 1. The highest BCUT2D eigenvalue weighted by Gasteiger charge is 2.41. The topological polar surface area (TPSA) is 58.6 Å². The Kier molecular flexibility index (Phi) is 6.84. The molecule has 1 aliphatic rings. The molecule has 0 spiro atoms. The molecule has 0 saturated heterocycles. The van der Waals surface area contributed by atoms with E-state index in [-0.39, 0.29) is 11.6 Å². The quantitative estimate of drug-likeness (QED) is 0.408. The van der Waals surface area contributed by atoms with E-state index in [4.69, 9.17) is 4.74 Å². The third-order valence-electron chi connectivity index (χ3n) is 5.26. The maximum absolute atomic E-state index is 13.6. The Morgan fingerprint density at radius 3 is 2.21 bits per heavy atom. The van der Waals surface area contributed by atoms with Crippen LogP contribution in [0, 0.1) is 0 Å². The van der Waals surface area contributed by atoms with Gasteiger partial charge in [-0.1, -0.05) is 68.1 Å². The Labute approximate surface area is 198 Å². The van der Waals surface area contributed by atoms with Crippen molar-refractivity contribution in [2.45, 2.75) is 31.6 Å². The van der Waals surface area contributed by atoms with Crippen LogP contribution in [-0.2, 0) is 9.59 Å². The van der Waals surface area contributed by atoms with E-state index in [2.05, 4.69) is 19.2 Å². The minimum Gasteiger partial charge on any atom is -0.492 e. The van der Waals surface area contributed by atoms with Gasteiger partial charge < -0.3 is 10.1 Å². The lowest BCUT2D eigenvalue weighted by Crippen LogP contribution is -2.32. The van der Waals surface area contributed by atoms with Crippen molar-refractivity contribution in [1.29, 1.82) is 0 Å². The van der Waals surface area contributed by atoms with Crippen LogP contribution in [0.1, 0.15) is 32.3 Å². The van der Waals surface area contributed by atoms with Gasteiger partial charge in [0.2, 0.25) is 0 Å². The highest BCUT2D eigenvalue weighted by Crippen LogP contribution is 2.40. The van der Waals surface area contributed by atoms with Gasteiger partial charge in [-0.2, -0.15) is 0 Å². The number of hydrogen-bond acceptors (Lipinski definition) is 5. The standard InChI is InChI=1S/C27H26N2O3S/c1-4-32-23-13-9-8-12-22(23)29-26(30)24(28-20-16-14-19(15-17-20)18(2)3)25(27(29)31)33-21-10-6-5-7-11-21/h5-18,28H,4H2,1-3H3. The summed E-state index contributed by atoms with van der Waals surface area (Å²) in [5, 5.41) is 3.21. The predicted octanol–water partition coefficient (Wildman–Crippen LogP) is 6.20. The Morgan fingerprint density at radius 2 is 1.55 bits per heavy atom. The molecule has 5 nitrogen and oxygen atoms in total. The van der Waals surface area contributed by atoms with Gasteiger partial charge in [0.1, 0.15) is 16.4 Å². The largest absolute Gasteiger partial charge is 0.492 e. The molecule has 6 heteroatoms. The summed E-state index contributed by atoms with van der Waals surface area (Å²) < 4.78 is 5.70. The van der Waals surface area contributed by atoms with E-state index in [9.17, 15) is 9.59 Å². The van der Waals surface area contributed by atoms with E-state index >= 15 is 0 Å². The number of nitrogens with one attached hydrogen (secondary N) is 1. The lowest BCUT2D eigenvalue weighted by molar-refractivity contribution is -0.120. The normalized spacial score (nSPS) is 13.8. The van der Waals surface area contributed by atoms with Crippen LogP contribution in [0.4, 0.5) is 11.4 Å². The van der Waals surface area contributed by atoms with Crippen molar-refractivity contribution in [3.8, 4) is 5.75 Å². The fraction of sp³-hybridized carbons (Fsp3) is 0.185. The molecular formula is C27H26N2O3S. The molecule has 0 atom stereocenters. The summed E-state index contributed by atoms with van der Waals surface area (Å²) in [6.45, 7) is 6.56. The molecule has 1 aliphatic heterocycles. The van der Waals surface area contributed by atoms with Crippen molar-refractivity contribution >= 4 is 35.0 Å². The Bertz CT molecular complexity index is 1190. The average Bonchev–Trinajstić information content (AvgIpc) is 3.04. The van der Waals surface area contributed by atoms with Crippen LogP contribution < -0.4 is 15.0 Å². The number of nitrogens with zero attached hydrogens (tertiary/aromatic N) is 1. The molecule has 2 amide bonds. The summed E-state index contributed by atoms with van der Waals surface area (Å²) in [7, 11) is 0. The molecule has 33 heavy (non-hydrogen) atoms. The van der Waals surface area contributed by atoms with Crippen LogP contribution in [-0.4, -0.2) is 18.4 Å². The molecule has 0 saturated carbocycles. The molecular weight excluding hydrogens is 432 g/mol. The third-order valence-corrected chi connectivity index (χ3v) is 6.35. The van der Waals surface area contributed by atoms with E-state index in [1.807, 2.05) is 67.6 Å². The Hall–Kier alpha value is -3.51. The van der Waals surface area contributed by atoms with Crippen LogP contribution in [0.3, 0.4) is 0 Å². The van der Waals surface area contributed by atoms with Crippen molar-refractivity contribution in [3.63, 3.8) is 0 Å². The van der Waals surface area contributed by atoms with Gasteiger partial charge in [-0.15, -0.1) is 0 Å². The summed E-state index contributed by atoms with van der Waals surface area (Å²) in [6.07, 6.45) is 0. The molecule has 0 unspecified atom stereocenters. The molecule has 3 aromatic rings. The molecule has 0 bridgehead atoms. The minimum atomic E-state index is -0.404. The second-order valence-corrected chi connectivity index (χ2v) is 8.95. The first-order valence-electron chi connectivity index (χ1n) is 10.9. The Balaban J connectivity index is 1.73. The molecule has 3 aromatic carbocycles. The van der Waals surface area contributed by atoms with Gasteiger partial charge in [-0.05, 0) is 54.8 Å². The number of rotatable bonds is 8. The highest BCUT2D eigenvalue weighted by molar-refractivity contribution is 8.04. The van der Waals surface area contributed by atoms with E-state index in [1.54, 1.807) is 18.2 Å². The maximum Gasteiger partial charge on any atom is 0.283 e. The fourth-order valence-electron chi connectivity index (χ4n) is 3.55. The van der Waals surface area contributed by atoms with Gasteiger partial charge in [-0.3, -0.25) is 9.59 Å². The zero-order valence-corrected chi connectivity index (χ0v) is 19.7. The monoisotopic (exact) mass is 458 g/mol. The number of thioether (sulfide) groups is 1. The molecule has 0 radical (unpaired) electrons. The summed E-state index contributed by atoms with van der Waals surface area (Å²) in [5.41, 5.74) is 2.65. The molecule has 168 valence electrons. The predicted molar refractivity (Wildman–Crippen MR) is 134 cm³/mol.